The van der Waals surface area contributed by atoms with Crippen LogP contribution in [0, 0.1) is 12.8 Å². The first-order valence-electron chi connectivity index (χ1n) is 7.45. The second-order valence-electron chi connectivity index (χ2n) is 5.67. The molecule has 0 aliphatic heterocycles. The normalized spacial score (nSPS) is 17.5. The molecule has 1 fully saturated rings. The summed E-state index contributed by atoms with van der Waals surface area (Å²) in [5.41, 5.74) is 1.92. The minimum atomic E-state index is -0.431. The van der Waals surface area contributed by atoms with Crippen LogP contribution in [0.5, 0.6) is 0 Å². The Morgan fingerprint density at radius 2 is 1.90 bits per heavy atom. The summed E-state index contributed by atoms with van der Waals surface area (Å²) in [4.78, 5) is 11.8. The van der Waals surface area contributed by atoms with Gasteiger partial charge in [0.05, 0.1) is 6.10 Å². The van der Waals surface area contributed by atoms with Gasteiger partial charge in [0.15, 0.2) is 0 Å². The number of carbonyl (C=O) groups is 1. The van der Waals surface area contributed by atoms with Crippen molar-refractivity contribution in [1.82, 2.24) is 5.32 Å². The van der Waals surface area contributed by atoms with Gasteiger partial charge in [0.1, 0.15) is 0 Å². The molecular formula is C16H24N2O2. The van der Waals surface area contributed by atoms with Crippen molar-refractivity contribution >= 4 is 11.7 Å². The number of aliphatic hydroxyl groups is 1. The summed E-state index contributed by atoms with van der Waals surface area (Å²) in [6.07, 6.45) is 5.36. The van der Waals surface area contributed by atoms with Crippen LogP contribution in [0.1, 0.15) is 37.7 Å². The number of benzene rings is 1. The fourth-order valence-electron chi connectivity index (χ4n) is 2.70. The molecule has 20 heavy (non-hydrogen) atoms. The number of rotatable bonds is 4. The molecule has 4 heteroatoms. The van der Waals surface area contributed by atoms with Gasteiger partial charge in [0.25, 0.3) is 0 Å². The van der Waals surface area contributed by atoms with Crippen molar-refractivity contribution in [2.75, 3.05) is 11.9 Å². The minimum Gasteiger partial charge on any atom is -0.391 e. The van der Waals surface area contributed by atoms with Crippen molar-refractivity contribution in [3.8, 4) is 0 Å². The second kappa shape index (κ2) is 7.29. The van der Waals surface area contributed by atoms with Gasteiger partial charge >= 0.3 is 6.03 Å². The average molecular weight is 276 g/mol. The highest BCUT2D eigenvalue weighted by molar-refractivity contribution is 5.89. The number of nitrogens with one attached hydrogen (secondary N) is 2. The van der Waals surface area contributed by atoms with Crippen LogP contribution in [0.3, 0.4) is 0 Å². The fourth-order valence-corrected chi connectivity index (χ4v) is 2.70. The Hall–Kier alpha value is -1.55. The van der Waals surface area contributed by atoms with Gasteiger partial charge in [0.2, 0.25) is 0 Å². The van der Waals surface area contributed by atoms with Crippen molar-refractivity contribution in [2.24, 2.45) is 5.92 Å². The first-order chi connectivity index (χ1) is 9.65. The van der Waals surface area contributed by atoms with Gasteiger partial charge in [-0.2, -0.15) is 0 Å². The van der Waals surface area contributed by atoms with Crippen LogP contribution in [0.2, 0.25) is 0 Å². The quantitative estimate of drug-likeness (QED) is 0.791. The number of aryl methyl sites for hydroxylation is 1. The number of anilines is 1. The van der Waals surface area contributed by atoms with E-state index in [1.165, 1.54) is 19.3 Å². The Morgan fingerprint density at radius 3 is 2.55 bits per heavy atom. The Bertz CT molecular complexity index is 425. The summed E-state index contributed by atoms with van der Waals surface area (Å²) in [6, 6.07) is 7.38. The van der Waals surface area contributed by atoms with Gasteiger partial charge in [-0.25, -0.2) is 4.79 Å². The maximum Gasteiger partial charge on any atom is 0.319 e. The lowest BCUT2D eigenvalue weighted by molar-refractivity contribution is 0.0863. The highest BCUT2D eigenvalue weighted by Crippen LogP contribution is 2.26. The summed E-state index contributed by atoms with van der Waals surface area (Å²) < 4.78 is 0. The van der Waals surface area contributed by atoms with Gasteiger partial charge in [-0.15, -0.1) is 0 Å². The molecule has 0 heterocycles. The molecule has 1 aromatic carbocycles. The minimum absolute atomic E-state index is 0.260. The van der Waals surface area contributed by atoms with Gasteiger partial charge in [-0.1, -0.05) is 37.0 Å². The third-order valence-electron chi connectivity index (χ3n) is 3.98. The molecule has 1 unspecified atom stereocenters. The molecule has 0 bridgehead atoms. The Labute approximate surface area is 120 Å². The maximum absolute atomic E-state index is 11.8. The Kier molecular flexibility index (Phi) is 5.41. The molecule has 1 saturated carbocycles. The van der Waals surface area contributed by atoms with E-state index in [0.29, 0.717) is 12.5 Å². The van der Waals surface area contributed by atoms with E-state index in [9.17, 15) is 9.90 Å². The molecular weight excluding hydrogens is 252 g/mol. The SMILES string of the molecule is Cc1ccc(NC(=O)NCC(O)C2CCCCC2)cc1. The maximum atomic E-state index is 11.8. The van der Waals surface area contributed by atoms with Crippen LogP contribution in [-0.2, 0) is 0 Å². The molecule has 1 aromatic rings. The number of hydrogen-bond acceptors (Lipinski definition) is 2. The largest absolute Gasteiger partial charge is 0.391 e. The number of amides is 2. The predicted octanol–water partition coefficient (Wildman–Crippen LogP) is 3.06. The van der Waals surface area contributed by atoms with Crippen LogP contribution in [0.15, 0.2) is 24.3 Å². The molecule has 0 radical (unpaired) electrons. The number of hydrogen-bond donors (Lipinski definition) is 3. The molecule has 1 aliphatic carbocycles. The molecule has 110 valence electrons. The van der Waals surface area contributed by atoms with Crippen molar-refractivity contribution in [3.63, 3.8) is 0 Å². The molecule has 0 spiro atoms. The van der Waals surface area contributed by atoms with E-state index in [0.717, 1.165) is 24.1 Å². The van der Waals surface area contributed by atoms with Gasteiger partial charge in [-0.05, 0) is 37.8 Å². The second-order valence-corrected chi connectivity index (χ2v) is 5.67. The zero-order valence-electron chi connectivity index (χ0n) is 12.1. The molecule has 2 amide bonds. The molecule has 0 saturated heterocycles. The first-order valence-corrected chi connectivity index (χ1v) is 7.45. The van der Waals surface area contributed by atoms with Gasteiger partial charge < -0.3 is 15.7 Å². The zero-order chi connectivity index (χ0) is 14.4. The van der Waals surface area contributed by atoms with Crippen LogP contribution in [0.4, 0.5) is 10.5 Å². The van der Waals surface area contributed by atoms with Crippen LogP contribution >= 0.6 is 0 Å². The summed E-state index contributed by atoms with van der Waals surface area (Å²) in [6.45, 7) is 2.33. The standard InChI is InChI=1S/C16H24N2O2/c1-12-7-9-14(10-8-12)18-16(20)17-11-15(19)13-5-3-2-4-6-13/h7-10,13,15,19H,2-6,11H2,1H3,(H2,17,18,20). The van der Waals surface area contributed by atoms with Crippen molar-refractivity contribution in [1.29, 1.82) is 0 Å². The lowest BCUT2D eigenvalue weighted by Crippen LogP contribution is -2.39. The average Bonchev–Trinajstić information content (AvgIpc) is 2.48. The molecule has 0 aromatic heterocycles. The Morgan fingerprint density at radius 1 is 1.25 bits per heavy atom. The fraction of sp³-hybridized carbons (Fsp3) is 0.562. The molecule has 1 atom stereocenters. The molecule has 2 rings (SSSR count). The summed E-state index contributed by atoms with van der Waals surface area (Å²) in [5, 5.41) is 15.6. The smallest absolute Gasteiger partial charge is 0.319 e. The first kappa shape index (κ1) is 14.9. The molecule has 4 nitrogen and oxygen atoms in total. The zero-order valence-corrected chi connectivity index (χ0v) is 12.1. The molecule has 3 N–H and O–H groups in total. The summed E-state index contributed by atoms with van der Waals surface area (Å²) in [7, 11) is 0. The lowest BCUT2D eigenvalue weighted by atomic mass is 9.85. The number of aliphatic hydroxyl groups excluding tert-OH is 1. The predicted molar refractivity (Wildman–Crippen MR) is 80.8 cm³/mol. The van der Waals surface area contributed by atoms with Crippen LogP contribution < -0.4 is 10.6 Å². The lowest BCUT2D eigenvalue weighted by Gasteiger charge is -2.26. The van der Waals surface area contributed by atoms with E-state index >= 15 is 0 Å². The third-order valence-corrected chi connectivity index (χ3v) is 3.98. The summed E-state index contributed by atoms with van der Waals surface area (Å²) in [5.74, 6) is 0.337. The van der Waals surface area contributed by atoms with E-state index < -0.39 is 6.10 Å². The number of urea groups is 1. The Balaban J connectivity index is 1.72. The van der Waals surface area contributed by atoms with Crippen LogP contribution in [-0.4, -0.2) is 23.8 Å². The highest BCUT2D eigenvalue weighted by Gasteiger charge is 2.21. The topological polar surface area (TPSA) is 61.4 Å². The highest BCUT2D eigenvalue weighted by atomic mass is 16.3. The van der Waals surface area contributed by atoms with Crippen LogP contribution in [0.25, 0.3) is 0 Å². The van der Waals surface area contributed by atoms with Crippen molar-refractivity contribution in [3.05, 3.63) is 29.8 Å². The summed E-state index contributed by atoms with van der Waals surface area (Å²) >= 11 is 0. The molecule has 1 aliphatic rings. The van der Waals surface area contributed by atoms with Gasteiger partial charge in [-0.3, -0.25) is 0 Å². The van der Waals surface area contributed by atoms with E-state index in [2.05, 4.69) is 10.6 Å². The third kappa shape index (κ3) is 4.53. The number of carbonyl (C=O) groups excluding carboxylic acids is 1. The van der Waals surface area contributed by atoms with Crippen molar-refractivity contribution < 1.29 is 9.90 Å². The van der Waals surface area contributed by atoms with E-state index in [4.69, 9.17) is 0 Å². The monoisotopic (exact) mass is 276 g/mol. The van der Waals surface area contributed by atoms with E-state index in [1.54, 1.807) is 0 Å². The van der Waals surface area contributed by atoms with Crippen molar-refractivity contribution in [2.45, 2.75) is 45.1 Å². The van der Waals surface area contributed by atoms with E-state index in [-0.39, 0.29) is 6.03 Å². The van der Waals surface area contributed by atoms with E-state index in [1.807, 2.05) is 31.2 Å². The van der Waals surface area contributed by atoms with Gasteiger partial charge in [0, 0.05) is 12.2 Å².